The minimum atomic E-state index is -0.0928. The molecule has 1 aliphatic heterocycles. The van der Waals surface area contributed by atoms with Crippen molar-refractivity contribution in [3.8, 4) is 0 Å². The molecule has 17 heavy (non-hydrogen) atoms. The summed E-state index contributed by atoms with van der Waals surface area (Å²) in [4.78, 5) is 20.2. The van der Waals surface area contributed by atoms with Gasteiger partial charge in [-0.25, -0.2) is 9.97 Å². The van der Waals surface area contributed by atoms with Crippen molar-refractivity contribution in [2.75, 3.05) is 13.1 Å². The molecule has 1 atom stereocenters. The van der Waals surface area contributed by atoms with Gasteiger partial charge in [0.05, 0.1) is 0 Å². The van der Waals surface area contributed by atoms with Gasteiger partial charge in [0, 0.05) is 24.3 Å². The van der Waals surface area contributed by atoms with Gasteiger partial charge in [0.15, 0.2) is 0 Å². The number of nitrogens with one attached hydrogen (secondary N) is 2. The zero-order valence-electron chi connectivity index (χ0n) is 10.2. The smallest absolute Gasteiger partial charge is 0.270 e. The van der Waals surface area contributed by atoms with Crippen molar-refractivity contribution < 1.29 is 4.79 Å². The third kappa shape index (κ3) is 2.79. The van der Waals surface area contributed by atoms with E-state index in [9.17, 15) is 4.79 Å². The topological polar surface area (TPSA) is 66.9 Å². The van der Waals surface area contributed by atoms with Crippen molar-refractivity contribution in [3.05, 3.63) is 23.8 Å². The van der Waals surface area contributed by atoms with Gasteiger partial charge in [-0.15, -0.1) is 0 Å². The van der Waals surface area contributed by atoms with Crippen LogP contribution in [0.1, 0.15) is 42.2 Å². The van der Waals surface area contributed by atoms with Crippen LogP contribution in [0.4, 0.5) is 0 Å². The van der Waals surface area contributed by atoms with E-state index >= 15 is 0 Å². The molecule has 1 aromatic heterocycles. The van der Waals surface area contributed by atoms with E-state index in [1.165, 1.54) is 6.33 Å². The maximum absolute atomic E-state index is 12.1. The largest absolute Gasteiger partial charge is 0.347 e. The lowest BCUT2D eigenvalue weighted by Crippen LogP contribution is -2.37. The molecule has 1 fully saturated rings. The van der Waals surface area contributed by atoms with E-state index in [4.69, 9.17) is 0 Å². The van der Waals surface area contributed by atoms with E-state index < -0.39 is 0 Å². The first kappa shape index (κ1) is 12.0. The third-order valence-corrected chi connectivity index (χ3v) is 2.97. The van der Waals surface area contributed by atoms with Gasteiger partial charge in [-0.2, -0.15) is 0 Å². The summed E-state index contributed by atoms with van der Waals surface area (Å²) in [5.74, 6) is 0.156. The number of carbonyl (C=O) groups excluding carboxylic acids is 1. The molecule has 5 nitrogen and oxygen atoms in total. The number of nitrogens with zero attached hydrogens (tertiary/aromatic N) is 2. The highest BCUT2D eigenvalue weighted by Gasteiger charge is 2.21. The second-order valence-electron chi connectivity index (χ2n) is 4.64. The zero-order valence-corrected chi connectivity index (χ0v) is 10.2. The van der Waals surface area contributed by atoms with E-state index in [1.54, 1.807) is 6.20 Å². The van der Waals surface area contributed by atoms with Gasteiger partial charge in [-0.3, -0.25) is 4.79 Å². The molecule has 1 aliphatic rings. The Bertz CT molecular complexity index is 399. The van der Waals surface area contributed by atoms with Crippen molar-refractivity contribution in [1.82, 2.24) is 20.6 Å². The molecule has 2 heterocycles. The molecule has 92 valence electrons. The molecule has 0 saturated carbocycles. The maximum atomic E-state index is 12.1. The normalized spacial score (nSPS) is 19.6. The Morgan fingerprint density at radius 1 is 1.59 bits per heavy atom. The summed E-state index contributed by atoms with van der Waals surface area (Å²) < 4.78 is 0. The predicted octanol–water partition coefficient (Wildman–Crippen LogP) is 0.692. The molecular weight excluding hydrogens is 216 g/mol. The quantitative estimate of drug-likeness (QED) is 0.807. The first-order valence-electron chi connectivity index (χ1n) is 6.00. The molecule has 1 amide bonds. The number of hydrogen-bond acceptors (Lipinski definition) is 4. The Morgan fingerprint density at radius 2 is 2.41 bits per heavy atom. The fraction of sp³-hybridized carbons (Fsp3) is 0.583. The van der Waals surface area contributed by atoms with Crippen molar-refractivity contribution in [3.63, 3.8) is 0 Å². The summed E-state index contributed by atoms with van der Waals surface area (Å²) in [5, 5.41) is 6.22. The van der Waals surface area contributed by atoms with Gasteiger partial charge in [0.2, 0.25) is 0 Å². The molecule has 0 radical (unpaired) electrons. The highest BCUT2D eigenvalue weighted by Crippen LogP contribution is 2.16. The molecule has 0 bridgehead atoms. The van der Waals surface area contributed by atoms with Crippen LogP contribution in [0, 0.1) is 0 Å². The first-order valence-corrected chi connectivity index (χ1v) is 6.00. The number of aromatic nitrogens is 2. The second-order valence-corrected chi connectivity index (χ2v) is 4.64. The molecule has 1 aromatic rings. The van der Waals surface area contributed by atoms with Crippen molar-refractivity contribution in [1.29, 1.82) is 0 Å². The molecule has 0 spiro atoms. The van der Waals surface area contributed by atoms with Gasteiger partial charge in [0.25, 0.3) is 5.91 Å². The predicted molar refractivity (Wildman–Crippen MR) is 64.9 cm³/mol. The minimum Gasteiger partial charge on any atom is -0.347 e. The SMILES string of the molecule is CC(C)c1cncnc1C(=O)NC1CCNC1. The Balaban J connectivity index is 2.12. The van der Waals surface area contributed by atoms with Crippen LogP contribution in [0.2, 0.25) is 0 Å². The van der Waals surface area contributed by atoms with E-state index in [0.717, 1.165) is 25.1 Å². The Hall–Kier alpha value is -1.49. The number of rotatable bonds is 3. The van der Waals surface area contributed by atoms with E-state index in [2.05, 4.69) is 20.6 Å². The maximum Gasteiger partial charge on any atom is 0.270 e. The van der Waals surface area contributed by atoms with Crippen LogP contribution in [0.3, 0.4) is 0 Å². The fourth-order valence-corrected chi connectivity index (χ4v) is 1.98. The summed E-state index contributed by atoms with van der Waals surface area (Å²) >= 11 is 0. The van der Waals surface area contributed by atoms with Gasteiger partial charge < -0.3 is 10.6 Å². The molecule has 1 saturated heterocycles. The van der Waals surface area contributed by atoms with Gasteiger partial charge in [-0.05, 0) is 18.9 Å². The van der Waals surface area contributed by atoms with Crippen LogP contribution < -0.4 is 10.6 Å². The third-order valence-electron chi connectivity index (χ3n) is 2.97. The van der Waals surface area contributed by atoms with Crippen LogP contribution in [0.5, 0.6) is 0 Å². The summed E-state index contributed by atoms with van der Waals surface area (Å²) in [6.07, 6.45) is 4.13. The highest BCUT2D eigenvalue weighted by atomic mass is 16.2. The molecule has 5 heteroatoms. The van der Waals surface area contributed by atoms with Crippen molar-refractivity contribution in [2.24, 2.45) is 0 Å². The lowest BCUT2D eigenvalue weighted by molar-refractivity contribution is 0.0933. The average molecular weight is 234 g/mol. The average Bonchev–Trinajstić information content (AvgIpc) is 2.81. The molecule has 1 unspecified atom stereocenters. The van der Waals surface area contributed by atoms with Crippen LogP contribution in [-0.2, 0) is 0 Å². The summed E-state index contributed by atoms with van der Waals surface area (Å²) in [5.41, 5.74) is 1.40. The zero-order chi connectivity index (χ0) is 12.3. The highest BCUT2D eigenvalue weighted by molar-refractivity contribution is 5.94. The Kier molecular flexibility index (Phi) is 3.68. The Morgan fingerprint density at radius 3 is 3.06 bits per heavy atom. The van der Waals surface area contributed by atoms with Crippen LogP contribution >= 0.6 is 0 Å². The lowest BCUT2D eigenvalue weighted by atomic mass is 10.0. The van der Waals surface area contributed by atoms with E-state index in [-0.39, 0.29) is 17.9 Å². The molecule has 0 aliphatic carbocycles. The van der Waals surface area contributed by atoms with Gasteiger partial charge in [-0.1, -0.05) is 13.8 Å². The molecule has 0 aromatic carbocycles. The van der Waals surface area contributed by atoms with Crippen LogP contribution in [-0.4, -0.2) is 35.0 Å². The first-order chi connectivity index (χ1) is 8.18. The fourth-order valence-electron chi connectivity index (χ4n) is 1.98. The van der Waals surface area contributed by atoms with Crippen molar-refractivity contribution >= 4 is 5.91 Å². The van der Waals surface area contributed by atoms with Crippen molar-refractivity contribution in [2.45, 2.75) is 32.2 Å². The monoisotopic (exact) mass is 234 g/mol. The Labute approximate surface area is 101 Å². The van der Waals surface area contributed by atoms with Gasteiger partial charge in [0.1, 0.15) is 12.0 Å². The van der Waals surface area contributed by atoms with Crippen LogP contribution in [0.25, 0.3) is 0 Å². The van der Waals surface area contributed by atoms with E-state index in [0.29, 0.717) is 5.69 Å². The molecule has 2 N–H and O–H groups in total. The van der Waals surface area contributed by atoms with Crippen LogP contribution in [0.15, 0.2) is 12.5 Å². The number of amides is 1. The number of hydrogen-bond donors (Lipinski definition) is 2. The molecular formula is C12H18N4O. The van der Waals surface area contributed by atoms with E-state index in [1.807, 2.05) is 13.8 Å². The standard InChI is InChI=1S/C12H18N4O/c1-8(2)10-6-14-7-15-11(10)12(17)16-9-3-4-13-5-9/h6-9,13H,3-5H2,1-2H3,(H,16,17). The number of carbonyl (C=O) groups is 1. The lowest BCUT2D eigenvalue weighted by Gasteiger charge is -2.14. The summed E-state index contributed by atoms with van der Waals surface area (Å²) in [6.45, 7) is 5.87. The van der Waals surface area contributed by atoms with Gasteiger partial charge >= 0.3 is 0 Å². The summed E-state index contributed by atoms with van der Waals surface area (Å²) in [6, 6.07) is 0.220. The molecule has 2 rings (SSSR count). The minimum absolute atomic E-state index is 0.0928. The second kappa shape index (κ2) is 5.23. The summed E-state index contributed by atoms with van der Waals surface area (Å²) in [7, 11) is 0.